The molecule has 5 nitrogen and oxygen atoms in total. The maximum absolute atomic E-state index is 11.7. The summed E-state index contributed by atoms with van der Waals surface area (Å²) in [5, 5.41) is 14.8. The van der Waals surface area contributed by atoms with Crippen LogP contribution in [0.1, 0.15) is 52.4 Å². The fourth-order valence-electron chi connectivity index (χ4n) is 2.42. The van der Waals surface area contributed by atoms with Crippen LogP contribution in [-0.4, -0.2) is 36.1 Å². The second-order valence-corrected chi connectivity index (χ2v) is 6.10. The van der Waals surface area contributed by atoms with Gasteiger partial charge in [-0.05, 0) is 24.7 Å². The Morgan fingerprint density at radius 1 is 1.10 bits per heavy atom. The van der Waals surface area contributed by atoms with Gasteiger partial charge in [-0.3, -0.25) is 9.59 Å². The Bertz CT molecular complexity index is 312. The zero-order valence-corrected chi connectivity index (χ0v) is 12.7. The Morgan fingerprint density at radius 2 is 1.75 bits per heavy atom. The lowest BCUT2D eigenvalue weighted by atomic mass is 9.87. The number of carbonyl (C=O) groups excluding carboxylic acids is 2. The number of aliphatic hydroxyl groups is 1. The minimum atomic E-state index is -0.545. The Balaban J connectivity index is 2.12. The summed E-state index contributed by atoms with van der Waals surface area (Å²) in [6.07, 6.45) is 5.94. The second kappa shape index (κ2) is 8.95. The van der Waals surface area contributed by atoms with Crippen molar-refractivity contribution in [2.75, 3.05) is 13.1 Å². The topological polar surface area (TPSA) is 78.4 Å². The predicted molar refractivity (Wildman–Crippen MR) is 78.1 cm³/mol. The van der Waals surface area contributed by atoms with E-state index in [4.69, 9.17) is 0 Å². The molecule has 1 rings (SSSR count). The van der Waals surface area contributed by atoms with E-state index in [1.54, 1.807) is 0 Å². The molecule has 0 bridgehead atoms. The Kier molecular flexibility index (Phi) is 7.59. The molecule has 1 fully saturated rings. The van der Waals surface area contributed by atoms with Gasteiger partial charge in [0, 0.05) is 13.0 Å². The van der Waals surface area contributed by atoms with Crippen LogP contribution in [0.4, 0.5) is 0 Å². The molecule has 20 heavy (non-hydrogen) atoms. The van der Waals surface area contributed by atoms with E-state index < -0.39 is 6.10 Å². The van der Waals surface area contributed by atoms with E-state index in [2.05, 4.69) is 10.6 Å². The van der Waals surface area contributed by atoms with E-state index in [9.17, 15) is 14.7 Å². The van der Waals surface area contributed by atoms with Gasteiger partial charge in [-0.1, -0.05) is 33.1 Å². The van der Waals surface area contributed by atoms with E-state index in [0.717, 1.165) is 12.8 Å². The van der Waals surface area contributed by atoms with Crippen LogP contribution < -0.4 is 10.6 Å². The van der Waals surface area contributed by atoms with Crippen molar-refractivity contribution in [3.63, 3.8) is 0 Å². The first-order chi connectivity index (χ1) is 9.49. The molecule has 0 saturated heterocycles. The zero-order chi connectivity index (χ0) is 15.0. The summed E-state index contributed by atoms with van der Waals surface area (Å²) >= 11 is 0. The molecule has 3 N–H and O–H groups in total. The lowest BCUT2D eigenvalue weighted by Gasteiger charge is -2.20. The average Bonchev–Trinajstić information content (AvgIpc) is 2.43. The summed E-state index contributed by atoms with van der Waals surface area (Å²) in [5.74, 6) is 0.295. The van der Waals surface area contributed by atoms with Crippen LogP contribution in [0.3, 0.4) is 0 Å². The molecule has 1 aliphatic carbocycles. The van der Waals surface area contributed by atoms with Crippen LogP contribution >= 0.6 is 0 Å². The Morgan fingerprint density at radius 3 is 2.35 bits per heavy atom. The van der Waals surface area contributed by atoms with Gasteiger partial charge in [-0.25, -0.2) is 0 Å². The molecular weight excluding hydrogens is 256 g/mol. The predicted octanol–water partition coefficient (Wildman–Crippen LogP) is 1.21. The van der Waals surface area contributed by atoms with Crippen molar-refractivity contribution >= 4 is 11.8 Å². The van der Waals surface area contributed by atoms with E-state index in [1.165, 1.54) is 19.3 Å². The average molecular weight is 284 g/mol. The molecule has 0 heterocycles. The van der Waals surface area contributed by atoms with E-state index in [1.807, 2.05) is 13.8 Å². The lowest BCUT2D eigenvalue weighted by molar-refractivity contribution is -0.127. The van der Waals surface area contributed by atoms with E-state index >= 15 is 0 Å². The lowest BCUT2D eigenvalue weighted by Crippen LogP contribution is -2.41. The number of hydrogen-bond acceptors (Lipinski definition) is 3. The van der Waals surface area contributed by atoms with Crippen LogP contribution in [-0.2, 0) is 9.59 Å². The third-order valence-corrected chi connectivity index (χ3v) is 3.92. The fourth-order valence-corrected chi connectivity index (χ4v) is 2.42. The van der Waals surface area contributed by atoms with Crippen LogP contribution in [0.15, 0.2) is 0 Å². The highest BCUT2D eigenvalue weighted by molar-refractivity contribution is 5.84. The molecule has 0 aliphatic heterocycles. The smallest absolute Gasteiger partial charge is 0.239 e. The summed E-state index contributed by atoms with van der Waals surface area (Å²) in [4.78, 5) is 23.3. The van der Waals surface area contributed by atoms with Crippen LogP contribution in [0.2, 0.25) is 0 Å². The van der Waals surface area contributed by atoms with Crippen LogP contribution in [0.25, 0.3) is 0 Å². The molecule has 0 aromatic rings. The highest BCUT2D eigenvalue weighted by atomic mass is 16.3. The molecule has 1 atom stereocenters. The van der Waals surface area contributed by atoms with Crippen molar-refractivity contribution in [1.82, 2.24) is 10.6 Å². The van der Waals surface area contributed by atoms with Crippen molar-refractivity contribution in [3.8, 4) is 0 Å². The van der Waals surface area contributed by atoms with Gasteiger partial charge < -0.3 is 15.7 Å². The second-order valence-electron chi connectivity index (χ2n) is 6.10. The summed E-state index contributed by atoms with van der Waals surface area (Å²) in [6, 6.07) is 0. The minimum absolute atomic E-state index is 0.00360. The number of rotatable bonds is 7. The van der Waals surface area contributed by atoms with Gasteiger partial charge in [0.2, 0.25) is 11.8 Å². The highest BCUT2D eigenvalue weighted by Crippen LogP contribution is 2.25. The molecule has 1 unspecified atom stereocenters. The molecule has 2 amide bonds. The summed E-state index contributed by atoms with van der Waals surface area (Å²) < 4.78 is 0. The monoisotopic (exact) mass is 284 g/mol. The molecule has 5 heteroatoms. The molecule has 1 aliphatic rings. The Labute approximate surface area is 121 Å². The fraction of sp³-hybridized carbons (Fsp3) is 0.867. The summed E-state index contributed by atoms with van der Waals surface area (Å²) in [5.41, 5.74) is 0. The maximum atomic E-state index is 11.7. The third-order valence-electron chi connectivity index (χ3n) is 3.92. The molecule has 116 valence electrons. The van der Waals surface area contributed by atoms with Crippen molar-refractivity contribution in [2.24, 2.45) is 11.8 Å². The minimum Gasteiger partial charge on any atom is -0.391 e. The molecule has 0 aromatic heterocycles. The van der Waals surface area contributed by atoms with Gasteiger partial charge in [-0.2, -0.15) is 0 Å². The molecule has 1 saturated carbocycles. The molecule has 0 radical (unpaired) electrons. The molecule has 0 aromatic carbocycles. The SMILES string of the molecule is CC(C)C(O)CNC(=O)CNC(=O)CC1CCCCC1. The van der Waals surface area contributed by atoms with Crippen molar-refractivity contribution < 1.29 is 14.7 Å². The summed E-state index contributed by atoms with van der Waals surface area (Å²) in [7, 11) is 0. The largest absolute Gasteiger partial charge is 0.391 e. The standard InChI is InChI=1S/C15H28N2O3/c1-11(2)13(18)9-16-15(20)10-17-14(19)8-12-6-4-3-5-7-12/h11-13,18H,3-10H2,1-2H3,(H,16,20)(H,17,19). The van der Waals surface area contributed by atoms with Crippen LogP contribution in [0.5, 0.6) is 0 Å². The van der Waals surface area contributed by atoms with Gasteiger partial charge in [0.1, 0.15) is 0 Å². The highest BCUT2D eigenvalue weighted by Gasteiger charge is 2.17. The third kappa shape index (κ3) is 6.89. The van der Waals surface area contributed by atoms with Crippen molar-refractivity contribution in [1.29, 1.82) is 0 Å². The van der Waals surface area contributed by atoms with Crippen molar-refractivity contribution in [3.05, 3.63) is 0 Å². The van der Waals surface area contributed by atoms with Gasteiger partial charge >= 0.3 is 0 Å². The number of hydrogen-bond donors (Lipinski definition) is 3. The van der Waals surface area contributed by atoms with Crippen LogP contribution in [0, 0.1) is 11.8 Å². The first-order valence-electron chi connectivity index (χ1n) is 7.70. The summed E-state index contributed by atoms with van der Waals surface area (Å²) in [6.45, 7) is 4.01. The van der Waals surface area contributed by atoms with Gasteiger partial charge in [0.15, 0.2) is 0 Å². The van der Waals surface area contributed by atoms with Gasteiger partial charge in [0.25, 0.3) is 0 Å². The number of carbonyl (C=O) groups is 2. The zero-order valence-electron chi connectivity index (χ0n) is 12.7. The first kappa shape index (κ1) is 17.0. The Hall–Kier alpha value is -1.10. The first-order valence-corrected chi connectivity index (χ1v) is 7.70. The van der Waals surface area contributed by atoms with E-state index in [0.29, 0.717) is 12.3 Å². The van der Waals surface area contributed by atoms with E-state index in [-0.39, 0.29) is 30.8 Å². The number of amides is 2. The molecular formula is C15H28N2O3. The van der Waals surface area contributed by atoms with Gasteiger partial charge in [0.05, 0.1) is 12.6 Å². The number of aliphatic hydroxyl groups excluding tert-OH is 1. The van der Waals surface area contributed by atoms with Crippen molar-refractivity contribution in [2.45, 2.75) is 58.5 Å². The quantitative estimate of drug-likeness (QED) is 0.657. The van der Waals surface area contributed by atoms with Gasteiger partial charge in [-0.15, -0.1) is 0 Å². The number of nitrogens with one attached hydrogen (secondary N) is 2. The molecule has 0 spiro atoms. The normalized spacial score (nSPS) is 17.8. The maximum Gasteiger partial charge on any atom is 0.239 e.